The highest BCUT2D eigenvalue weighted by atomic mass is 35.5. The Bertz CT molecular complexity index is 779. The molecule has 0 heterocycles. The molecule has 0 aliphatic rings. The number of benzene rings is 3. The lowest BCUT2D eigenvalue weighted by molar-refractivity contribution is 0.0973. The van der Waals surface area contributed by atoms with E-state index in [4.69, 9.17) is 11.6 Å². The average Bonchev–Trinajstić information content (AvgIpc) is 2.64. The summed E-state index contributed by atoms with van der Waals surface area (Å²) in [5.74, 6) is 0.332. The van der Waals surface area contributed by atoms with Crippen molar-refractivity contribution < 1.29 is 4.79 Å². The van der Waals surface area contributed by atoms with Gasteiger partial charge in [-0.15, -0.1) is 0 Å². The summed E-state index contributed by atoms with van der Waals surface area (Å²) in [5.41, 5.74) is 3.15. The summed E-state index contributed by atoms with van der Waals surface area (Å²) in [6, 6.07) is 27.6. The molecule has 0 aliphatic carbocycles. The fourth-order valence-corrected chi connectivity index (χ4v) is 3.03. The van der Waals surface area contributed by atoms with Gasteiger partial charge in [0.25, 0.3) is 0 Å². The van der Waals surface area contributed by atoms with Gasteiger partial charge in [0.15, 0.2) is 5.78 Å². The third-order valence-electron chi connectivity index (χ3n) is 4.19. The molecule has 0 aliphatic heterocycles. The molecule has 3 rings (SSSR count). The molecule has 3 aromatic rings. The first kappa shape index (κ1) is 16.5. The maximum absolute atomic E-state index is 12.7. The van der Waals surface area contributed by atoms with Crippen molar-refractivity contribution in [3.8, 4) is 0 Å². The van der Waals surface area contributed by atoms with Crippen LogP contribution >= 0.6 is 11.6 Å². The van der Waals surface area contributed by atoms with Crippen LogP contribution in [0.1, 0.15) is 33.8 Å². The van der Waals surface area contributed by atoms with Gasteiger partial charge in [0.05, 0.1) is 0 Å². The van der Waals surface area contributed by atoms with Crippen LogP contribution in [0.3, 0.4) is 0 Å². The van der Waals surface area contributed by atoms with Crippen molar-refractivity contribution in [3.05, 3.63) is 107 Å². The number of hydrogen-bond donors (Lipinski definition) is 0. The van der Waals surface area contributed by atoms with E-state index in [0.29, 0.717) is 6.42 Å². The van der Waals surface area contributed by atoms with Gasteiger partial charge in [-0.05, 0) is 35.6 Å². The molecule has 0 N–H and O–H groups in total. The summed E-state index contributed by atoms with van der Waals surface area (Å²) in [6.45, 7) is 0. The largest absolute Gasteiger partial charge is 0.294 e. The van der Waals surface area contributed by atoms with Gasteiger partial charge >= 0.3 is 0 Å². The maximum Gasteiger partial charge on any atom is 0.163 e. The molecule has 0 amide bonds. The molecule has 2 heteroatoms. The number of Topliss-reactive ketones (excluding diaryl/α,β-unsaturated/α-hetero) is 1. The first-order valence-corrected chi connectivity index (χ1v) is 8.48. The molecule has 0 saturated carbocycles. The smallest absolute Gasteiger partial charge is 0.163 e. The molecule has 0 unspecified atom stereocenters. The Kier molecular flexibility index (Phi) is 5.45. The summed E-state index contributed by atoms with van der Waals surface area (Å²) in [4.78, 5) is 12.7. The van der Waals surface area contributed by atoms with Gasteiger partial charge in [0.2, 0.25) is 0 Å². The van der Waals surface area contributed by atoms with Gasteiger partial charge in [0, 0.05) is 17.0 Å². The zero-order valence-corrected chi connectivity index (χ0v) is 14.1. The molecule has 1 atom stereocenters. The maximum atomic E-state index is 12.7. The molecule has 0 spiro atoms. The lowest BCUT2D eigenvalue weighted by Gasteiger charge is -2.17. The SMILES string of the molecule is O=C(C[C@H](Cc1ccc(Cl)cc1)c1ccccc1)c1ccccc1. The normalized spacial score (nSPS) is 11.9. The van der Waals surface area contributed by atoms with Crippen LogP contribution < -0.4 is 0 Å². The second-order valence-electron chi connectivity index (χ2n) is 5.93. The van der Waals surface area contributed by atoms with Crippen molar-refractivity contribution in [2.75, 3.05) is 0 Å². The van der Waals surface area contributed by atoms with Crippen LogP contribution in [0.15, 0.2) is 84.9 Å². The molecule has 1 nitrogen and oxygen atoms in total. The van der Waals surface area contributed by atoms with E-state index in [9.17, 15) is 4.79 Å². The Morgan fingerprint density at radius 2 is 1.38 bits per heavy atom. The molecular formula is C22H19ClO. The molecule has 3 aromatic carbocycles. The van der Waals surface area contributed by atoms with Crippen LogP contribution in [0.25, 0.3) is 0 Å². The summed E-state index contributed by atoms with van der Waals surface area (Å²) in [5, 5.41) is 0.732. The van der Waals surface area contributed by atoms with Gasteiger partial charge in [0.1, 0.15) is 0 Å². The van der Waals surface area contributed by atoms with Crippen molar-refractivity contribution in [3.63, 3.8) is 0 Å². The van der Waals surface area contributed by atoms with Crippen LogP contribution in [-0.2, 0) is 6.42 Å². The van der Waals surface area contributed by atoms with E-state index in [1.807, 2.05) is 72.8 Å². The van der Waals surface area contributed by atoms with Crippen LogP contribution in [0.5, 0.6) is 0 Å². The third-order valence-corrected chi connectivity index (χ3v) is 4.45. The van der Waals surface area contributed by atoms with Crippen LogP contribution in [0, 0.1) is 0 Å². The fraction of sp³-hybridized carbons (Fsp3) is 0.136. The minimum Gasteiger partial charge on any atom is -0.294 e. The molecule has 0 saturated heterocycles. The van der Waals surface area contributed by atoms with Crippen molar-refractivity contribution in [1.29, 1.82) is 0 Å². The standard InChI is InChI=1S/C22H19ClO/c23-21-13-11-17(12-14-21)15-20(18-7-3-1-4-8-18)16-22(24)19-9-5-2-6-10-19/h1-14,20H,15-16H2/t20-/m0/s1. The minimum absolute atomic E-state index is 0.153. The number of hydrogen-bond acceptors (Lipinski definition) is 1. The van der Waals surface area contributed by atoms with E-state index in [2.05, 4.69) is 12.1 Å². The lowest BCUT2D eigenvalue weighted by atomic mass is 9.86. The van der Waals surface area contributed by atoms with Gasteiger partial charge in [-0.2, -0.15) is 0 Å². The second kappa shape index (κ2) is 7.94. The number of halogens is 1. The molecule has 24 heavy (non-hydrogen) atoms. The van der Waals surface area contributed by atoms with Gasteiger partial charge in [-0.3, -0.25) is 4.79 Å². The Balaban J connectivity index is 1.82. The van der Waals surface area contributed by atoms with Gasteiger partial charge in [-0.25, -0.2) is 0 Å². The van der Waals surface area contributed by atoms with Crippen LogP contribution in [0.4, 0.5) is 0 Å². The first-order chi connectivity index (χ1) is 11.7. The van der Waals surface area contributed by atoms with Crippen molar-refractivity contribution in [2.24, 2.45) is 0 Å². The first-order valence-electron chi connectivity index (χ1n) is 8.10. The summed E-state index contributed by atoms with van der Waals surface area (Å²) < 4.78 is 0. The predicted octanol–water partition coefficient (Wildman–Crippen LogP) is 5.94. The average molecular weight is 335 g/mol. The van der Waals surface area contributed by atoms with Crippen LogP contribution in [-0.4, -0.2) is 5.78 Å². The predicted molar refractivity (Wildman–Crippen MR) is 99.7 cm³/mol. The molecule has 0 bridgehead atoms. The van der Waals surface area contributed by atoms with Gasteiger partial charge < -0.3 is 0 Å². The molecular weight excluding hydrogens is 316 g/mol. The summed E-state index contributed by atoms with van der Waals surface area (Å²) in [6.07, 6.45) is 1.32. The minimum atomic E-state index is 0.153. The summed E-state index contributed by atoms with van der Waals surface area (Å²) >= 11 is 5.98. The van der Waals surface area contributed by atoms with E-state index in [1.165, 1.54) is 11.1 Å². The lowest BCUT2D eigenvalue weighted by Crippen LogP contribution is -2.10. The number of rotatable bonds is 6. The number of ketones is 1. The van der Waals surface area contributed by atoms with E-state index >= 15 is 0 Å². The fourth-order valence-electron chi connectivity index (χ4n) is 2.90. The van der Waals surface area contributed by atoms with E-state index in [1.54, 1.807) is 0 Å². The topological polar surface area (TPSA) is 17.1 Å². The molecule has 0 aromatic heterocycles. The number of carbonyl (C=O) groups excluding carboxylic acids is 1. The highest BCUT2D eigenvalue weighted by molar-refractivity contribution is 6.30. The van der Waals surface area contributed by atoms with Crippen molar-refractivity contribution in [2.45, 2.75) is 18.8 Å². The van der Waals surface area contributed by atoms with E-state index in [0.717, 1.165) is 17.0 Å². The second-order valence-corrected chi connectivity index (χ2v) is 6.37. The highest BCUT2D eigenvalue weighted by Crippen LogP contribution is 2.26. The zero-order valence-electron chi connectivity index (χ0n) is 13.4. The monoisotopic (exact) mass is 334 g/mol. The Morgan fingerprint density at radius 3 is 2.00 bits per heavy atom. The highest BCUT2D eigenvalue weighted by Gasteiger charge is 2.17. The molecule has 120 valence electrons. The zero-order chi connectivity index (χ0) is 16.8. The van der Waals surface area contributed by atoms with Gasteiger partial charge in [-0.1, -0.05) is 84.4 Å². The molecule has 0 radical (unpaired) electrons. The third kappa shape index (κ3) is 4.33. The van der Waals surface area contributed by atoms with E-state index in [-0.39, 0.29) is 11.7 Å². The van der Waals surface area contributed by atoms with E-state index < -0.39 is 0 Å². The quantitative estimate of drug-likeness (QED) is 0.510. The van der Waals surface area contributed by atoms with Crippen molar-refractivity contribution in [1.82, 2.24) is 0 Å². The Morgan fingerprint density at radius 1 is 0.792 bits per heavy atom. The number of carbonyl (C=O) groups is 1. The summed E-state index contributed by atoms with van der Waals surface area (Å²) in [7, 11) is 0. The Hall–Kier alpha value is -2.38. The van der Waals surface area contributed by atoms with Crippen LogP contribution in [0.2, 0.25) is 5.02 Å². The molecule has 0 fully saturated rings. The Labute approximate surface area is 147 Å². The van der Waals surface area contributed by atoms with Crippen molar-refractivity contribution >= 4 is 17.4 Å².